The third kappa shape index (κ3) is 3.88. The number of hydrogen-bond acceptors (Lipinski definition) is 1. The molecule has 0 saturated heterocycles. The van der Waals surface area contributed by atoms with Crippen LogP contribution in [0.15, 0.2) is 66.7 Å². The lowest BCUT2D eigenvalue weighted by Crippen LogP contribution is -2.00. The van der Waals surface area contributed by atoms with Crippen LogP contribution in [0, 0.1) is 0 Å². The molecule has 0 N–H and O–H groups in total. The zero-order valence-electron chi connectivity index (χ0n) is 11.8. The highest BCUT2D eigenvalue weighted by atomic mass is 35.5. The van der Waals surface area contributed by atoms with E-state index in [1.165, 1.54) is 5.56 Å². The molecule has 1 nitrogen and oxygen atoms in total. The molecule has 2 rings (SSSR count). The van der Waals surface area contributed by atoms with Crippen LogP contribution in [-0.2, 0) is 0 Å². The van der Waals surface area contributed by atoms with Gasteiger partial charge in [0.2, 0.25) is 0 Å². The van der Waals surface area contributed by atoms with Crippen molar-refractivity contribution in [3.05, 3.63) is 77.9 Å². The molecule has 0 amide bonds. The Morgan fingerprint density at radius 1 is 0.950 bits per heavy atom. The summed E-state index contributed by atoms with van der Waals surface area (Å²) in [5.41, 5.74) is 1.76. The maximum Gasteiger partial charge on any atom is 0.197 e. The Balaban J connectivity index is 2.04. The molecule has 0 aliphatic heterocycles. The second kappa shape index (κ2) is 7.16. The Bertz CT molecular complexity index is 545. The molecule has 104 valence electrons. The molecule has 0 radical (unpaired) electrons. The van der Waals surface area contributed by atoms with Crippen molar-refractivity contribution in [1.82, 2.24) is 0 Å². The summed E-state index contributed by atoms with van der Waals surface area (Å²) in [7, 11) is 0. The molecule has 0 saturated carbocycles. The summed E-state index contributed by atoms with van der Waals surface area (Å²) in [6, 6.07) is 17.9. The van der Waals surface area contributed by atoms with Gasteiger partial charge in [-0.25, -0.2) is 0 Å². The summed E-state index contributed by atoms with van der Waals surface area (Å²) < 4.78 is 5.74. The first-order valence-electron chi connectivity index (χ1n) is 6.79. The van der Waals surface area contributed by atoms with Crippen LogP contribution in [0.3, 0.4) is 0 Å². The topological polar surface area (TPSA) is 9.23 Å². The van der Waals surface area contributed by atoms with E-state index in [0.29, 0.717) is 5.92 Å². The van der Waals surface area contributed by atoms with Crippen molar-refractivity contribution in [2.75, 3.05) is 0 Å². The monoisotopic (exact) mass is 286 g/mol. The summed E-state index contributed by atoms with van der Waals surface area (Å²) in [5.74, 6) is 1.19. The minimum Gasteiger partial charge on any atom is -0.470 e. The first kappa shape index (κ1) is 14.7. The molecule has 2 heteroatoms. The van der Waals surface area contributed by atoms with E-state index in [-0.39, 0.29) is 0 Å². The zero-order chi connectivity index (χ0) is 14.4. The molecule has 0 fully saturated rings. The van der Waals surface area contributed by atoms with Gasteiger partial charge < -0.3 is 4.74 Å². The minimum absolute atomic E-state index is 0.412. The fraction of sp³-hybridized carbons (Fsp3) is 0.222. The summed E-state index contributed by atoms with van der Waals surface area (Å²) in [5, 5.41) is 0. The third-order valence-corrected chi connectivity index (χ3v) is 3.53. The van der Waals surface area contributed by atoms with Crippen molar-refractivity contribution < 1.29 is 4.74 Å². The Morgan fingerprint density at radius 3 is 2.20 bits per heavy atom. The van der Waals surface area contributed by atoms with Crippen molar-refractivity contribution >= 4 is 11.6 Å². The van der Waals surface area contributed by atoms with E-state index < -0.39 is 5.56 Å². The maximum absolute atomic E-state index is 6.26. The van der Waals surface area contributed by atoms with E-state index in [1.807, 2.05) is 49.4 Å². The average Bonchev–Trinajstić information content (AvgIpc) is 2.49. The maximum atomic E-state index is 6.26. The highest BCUT2D eigenvalue weighted by Gasteiger charge is 2.09. The molecule has 0 aliphatic rings. The molecule has 0 spiro atoms. The molecule has 0 heterocycles. The van der Waals surface area contributed by atoms with Crippen LogP contribution < -0.4 is 4.74 Å². The number of halogens is 1. The Labute approximate surface area is 125 Å². The fourth-order valence-electron chi connectivity index (χ4n) is 2.04. The van der Waals surface area contributed by atoms with Crippen LogP contribution in [-0.4, -0.2) is 0 Å². The normalized spacial score (nSPS) is 14.2. The van der Waals surface area contributed by atoms with Crippen molar-refractivity contribution in [3.8, 4) is 5.75 Å². The molecule has 20 heavy (non-hydrogen) atoms. The summed E-state index contributed by atoms with van der Waals surface area (Å²) in [4.78, 5) is 0. The van der Waals surface area contributed by atoms with Gasteiger partial charge in [0.25, 0.3) is 0 Å². The minimum atomic E-state index is -0.463. The highest BCUT2D eigenvalue weighted by Crippen LogP contribution is 2.27. The molecule has 2 atom stereocenters. The van der Waals surface area contributed by atoms with Crippen LogP contribution in [0.25, 0.3) is 0 Å². The molecule has 0 aliphatic carbocycles. The van der Waals surface area contributed by atoms with Gasteiger partial charge in [0.05, 0.1) is 0 Å². The molecular weight excluding hydrogens is 268 g/mol. The van der Waals surface area contributed by atoms with Gasteiger partial charge in [-0.2, -0.15) is 0 Å². The van der Waals surface area contributed by atoms with Gasteiger partial charge in [-0.05, 0) is 30.5 Å². The fourth-order valence-corrected chi connectivity index (χ4v) is 2.29. The van der Waals surface area contributed by atoms with Gasteiger partial charge in [0.1, 0.15) is 5.75 Å². The molecule has 2 aromatic rings. The predicted octanol–water partition coefficient (Wildman–Crippen LogP) is 5.68. The van der Waals surface area contributed by atoms with Crippen LogP contribution >= 0.6 is 11.6 Å². The van der Waals surface area contributed by atoms with Gasteiger partial charge in [-0.1, -0.05) is 73.1 Å². The van der Waals surface area contributed by atoms with E-state index in [1.54, 1.807) is 0 Å². The van der Waals surface area contributed by atoms with Gasteiger partial charge in [0.15, 0.2) is 5.56 Å². The van der Waals surface area contributed by atoms with Gasteiger partial charge in [-0.15, -0.1) is 0 Å². The molecule has 2 unspecified atom stereocenters. The van der Waals surface area contributed by atoms with Crippen molar-refractivity contribution in [2.45, 2.75) is 25.3 Å². The molecule has 0 bridgehead atoms. The number of ether oxygens (including phenoxy) is 1. The van der Waals surface area contributed by atoms with Crippen LogP contribution in [0.2, 0.25) is 0 Å². The average molecular weight is 287 g/mol. The molecule has 2 aromatic carbocycles. The first-order valence-corrected chi connectivity index (χ1v) is 7.23. The summed E-state index contributed by atoms with van der Waals surface area (Å²) in [6.45, 7) is 4.20. The van der Waals surface area contributed by atoms with Gasteiger partial charge >= 0.3 is 0 Å². The van der Waals surface area contributed by atoms with E-state index in [4.69, 9.17) is 16.3 Å². The van der Waals surface area contributed by atoms with Crippen molar-refractivity contribution in [1.29, 1.82) is 0 Å². The van der Waals surface area contributed by atoms with Gasteiger partial charge in [-0.3, -0.25) is 0 Å². The van der Waals surface area contributed by atoms with Crippen molar-refractivity contribution in [2.24, 2.45) is 0 Å². The van der Waals surface area contributed by atoms with Gasteiger partial charge in [0, 0.05) is 5.56 Å². The van der Waals surface area contributed by atoms with E-state index in [0.717, 1.165) is 11.3 Å². The van der Waals surface area contributed by atoms with E-state index in [2.05, 4.69) is 31.2 Å². The lowest BCUT2D eigenvalue weighted by atomic mass is 10.0. The summed E-state index contributed by atoms with van der Waals surface area (Å²) in [6.07, 6.45) is 4.24. The third-order valence-electron chi connectivity index (χ3n) is 3.19. The summed E-state index contributed by atoms with van der Waals surface area (Å²) >= 11 is 6.26. The van der Waals surface area contributed by atoms with Crippen LogP contribution in [0.4, 0.5) is 0 Å². The number of allylic oxidation sites excluding steroid dienone is 2. The second-order valence-electron chi connectivity index (χ2n) is 4.73. The van der Waals surface area contributed by atoms with Crippen LogP contribution in [0.5, 0.6) is 5.75 Å². The number of hydrogen-bond donors (Lipinski definition) is 0. The van der Waals surface area contributed by atoms with Crippen LogP contribution in [0.1, 0.15) is 36.5 Å². The quantitative estimate of drug-likeness (QED) is 0.507. The predicted molar refractivity (Wildman–Crippen MR) is 85.3 cm³/mol. The zero-order valence-corrected chi connectivity index (χ0v) is 12.5. The van der Waals surface area contributed by atoms with Crippen molar-refractivity contribution in [3.63, 3.8) is 0 Å². The molecule has 0 aromatic heterocycles. The largest absolute Gasteiger partial charge is 0.470 e. The highest BCUT2D eigenvalue weighted by molar-refractivity contribution is 6.20. The Kier molecular flexibility index (Phi) is 5.25. The Morgan fingerprint density at radius 2 is 1.60 bits per heavy atom. The standard InChI is InChI=1S/C18H19ClO/c1-3-7-14(2)15-10-12-17(13-11-15)20-18(19)16-8-5-4-6-9-16/h3-14,18H,1-2H3. The molecular formula is C18H19ClO. The number of rotatable bonds is 5. The Hall–Kier alpha value is -1.73. The lowest BCUT2D eigenvalue weighted by molar-refractivity contribution is 0.288. The number of benzene rings is 2. The smallest absolute Gasteiger partial charge is 0.197 e. The first-order chi connectivity index (χ1) is 9.70. The van der Waals surface area contributed by atoms with E-state index in [9.17, 15) is 0 Å². The lowest BCUT2D eigenvalue weighted by Gasteiger charge is -2.14. The SMILES string of the molecule is CC=CC(C)c1ccc(OC(Cl)c2ccccc2)cc1. The number of alkyl halides is 1. The second-order valence-corrected chi connectivity index (χ2v) is 5.12. The van der Waals surface area contributed by atoms with E-state index >= 15 is 0 Å².